The van der Waals surface area contributed by atoms with Crippen LogP contribution in [0.1, 0.15) is 27.2 Å². The molecule has 2 N–H and O–H groups in total. The molecule has 11 heteroatoms. The van der Waals surface area contributed by atoms with Gasteiger partial charge in [0.1, 0.15) is 11.5 Å². The number of aromatic nitrogens is 2. The van der Waals surface area contributed by atoms with Gasteiger partial charge in [0.15, 0.2) is 0 Å². The van der Waals surface area contributed by atoms with E-state index in [1.165, 1.54) is 4.90 Å². The number of fused-ring (bicyclic) bond motifs is 1. The van der Waals surface area contributed by atoms with Crippen LogP contribution in [0.5, 0.6) is 0 Å². The van der Waals surface area contributed by atoms with Gasteiger partial charge in [-0.05, 0) is 35.9 Å². The van der Waals surface area contributed by atoms with E-state index in [-0.39, 0.29) is 30.8 Å². The van der Waals surface area contributed by atoms with Gasteiger partial charge >= 0.3 is 6.18 Å². The molecular formula is C22H17ClF4N4O2. The predicted octanol–water partition coefficient (Wildman–Crippen LogP) is 4.05. The lowest BCUT2D eigenvalue weighted by atomic mass is 10.0. The van der Waals surface area contributed by atoms with Gasteiger partial charge in [0.05, 0.1) is 36.3 Å². The van der Waals surface area contributed by atoms with E-state index in [1.807, 2.05) is 0 Å². The number of amides is 2. The standard InChI is InChI=1S/C22H17ClF4N4O2/c23-15-3-1-2-13(9-15)20-19(21(28)33)17-11-30(4-5-31(17)29-20)18(32)8-12-6-14(22(25,26)27)10-16(24)7-12/h1-3,6-7,9-10H,4-5,8,11H2,(H2,28,33). The zero-order valence-corrected chi connectivity index (χ0v) is 17.8. The van der Waals surface area contributed by atoms with E-state index in [4.69, 9.17) is 17.3 Å². The topological polar surface area (TPSA) is 81.2 Å². The first-order chi connectivity index (χ1) is 15.5. The summed E-state index contributed by atoms with van der Waals surface area (Å²) in [5.41, 5.74) is 5.80. The fourth-order valence-corrected chi connectivity index (χ4v) is 4.02. The Bertz CT molecular complexity index is 1260. The highest BCUT2D eigenvalue weighted by Crippen LogP contribution is 2.32. The molecular weight excluding hydrogens is 464 g/mol. The molecule has 1 aliphatic rings. The van der Waals surface area contributed by atoms with E-state index in [2.05, 4.69) is 5.10 Å². The van der Waals surface area contributed by atoms with Crippen LogP contribution in [0, 0.1) is 5.82 Å². The first-order valence-electron chi connectivity index (χ1n) is 9.83. The van der Waals surface area contributed by atoms with Crippen LogP contribution >= 0.6 is 11.6 Å². The number of nitrogens with zero attached hydrogens (tertiary/aromatic N) is 3. The third-order valence-corrected chi connectivity index (χ3v) is 5.55. The Morgan fingerprint density at radius 2 is 1.88 bits per heavy atom. The normalized spacial score (nSPS) is 13.7. The minimum Gasteiger partial charge on any atom is -0.365 e. The van der Waals surface area contributed by atoms with E-state index in [0.717, 1.165) is 12.1 Å². The molecule has 0 aliphatic carbocycles. The summed E-state index contributed by atoms with van der Waals surface area (Å²) in [5, 5.41) is 4.90. The predicted molar refractivity (Wildman–Crippen MR) is 112 cm³/mol. The number of halogens is 5. The van der Waals surface area contributed by atoms with E-state index < -0.39 is 35.8 Å². The molecule has 0 bridgehead atoms. The van der Waals surface area contributed by atoms with Crippen LogP contribution in [0.15, 0.2) is 42.5 Å². The Morgan fingerprint density at radius 1 is 1.12 bits per heavy atom. The molecule has 33 heavy (non-hydrogen) atoms. The zero-order valence-electron chi connectivity index (χ0n) is 17.0. The molecule has 6 nitrogen and oxygen atoms in total. The Labute approximate surface area is 190 Å². The molecule has 3 aromatic rings. The average Bonchev–Trinajstić information content (AvgIpc) is 3.11. The smallest absolute Gasteiger partial charge is 0.365 e. The minimum atomic E-state index is -4.73. The summed E-state index contributed by atoms with van der Waals surface area (Å²) < 4.78 is 54.2. The second-order valence-corrected chi connectivity index (χ2v) is 8.04. The van der Waals surface area contributed by atoms with Gasteiger partial charge in [0.25, 0.3) is 5.91 Å². The van der Waals surface area contributed by atoms with Gasteiger partial charge in [-0.3, -0.25) is 14.3 Å². The van der Waals surface area contributed by atoms with Crippen molar-refractivity contribution in [3.8, 4) is 11.3 Å². The molecule has 0 fully saturated rings. The number of hydrogen-bond donors (Lipinski definition) is 1. The van der Waals surface area contributed by atoms with Crippen LogP contribution in [0.25, 0.3) is 11.3 Å². The van der Waals surface area contributed by atoms with Crippen molar-refractivity contribution in [2.75, 3.05) is 6.54 Å². The minimum absolute atomic E-state index is 0.0217. The van der Waals surface area contributed by atoms with Crippen molar-refractivity contribution >= 4 is 23.4 Å². The van der Waals surface area contributed by atoms with Gasteiger partial charge in [-0.1, -0.05) is 23.7 Å². The number of primary amides is 1. The van der Waals surface area contributed by atoms with E-state index in [9.17, 15) is 27.2 Å². The fourth-order valence-electron chi connectivity index (χ4n) is 3.83. The average molecular weight is 481 g/mol. The third-order valence-electron chi connectivity index (χ3n) is 5.32. The summed E-state index contributed by atoms with van der Waals surface area (Å²) in [7, 11) is 0. The number of rotatable bonds is 4. The number of carbonyl (C=O) groups is 2. The summed E-state index contributed by atoms with van der Waals surface area (Å²) in [6, 6.07) is 8.75. The van der Waals surface area contributed by atoms with Crippen LogP contribution in [0.3, 0.4) is 0 Å². The maximum Gasteiger partial charge on any atom is 0.416 e. The Kier molecular flexibility index (Phi) is 5.87. The van der Waals surface area contributed by atoms with Gasteiger partial charge in [-0.15, -0.1) is 0 Å². The van der Waals surface area contributed by atoms with Crippen molar-refractivity contribution < 1.29 is 27.2 Å². The second kappa shape index (κ2) is 8.51. The highest BCUT2D eigenvalue weighted by Gasteiger charge is 2.33. The monoisotopic (exact) mass is 480 g/mol. The lowest BCUT2D eigenvalue weighted by Crippen LogP contribution is -2.40. The zero-order chi connectivity index (χ0) is 23.9. The van der Waals surface area contributed by atoms with Crippen LogP contribution in [-0.2, 0) is 30.5 Å². The highest BCUT2D eigenvalue weighted by atomic mass is 35.5. The highest BCUT2D eigenvalue weighted by molar-refractivity contribution is 6.30. The lowest BCUT2D eigenvalue weighted by Gasteiger charge is -2.28. The van der Waals surface area contributed by atoms with E-state index in [0.29, 0.717) is 28.0 Å². The Morgan fingerprint density at radius 3 is 2.55 bits per heavy atom. The summed E-state index contributed by atoms with van der Waals surface area (Å²) in [4.78, 5) is 26.4. The first kappa shape index (κ1) is 22.8. The van der Waals surface area contributed by atoms with Crippen LogP contribution in [0.2, 0.25) is 5.02 Å². The molecule has 1 aromatic heterocycles. The maximum atomic E-state index is 13.7. The summed E-state index contributed by atoms with van der Waals surface area (Å²) in [5.74, 6) is -2.33. The third kappa shape index (κ3) is 4.70. The number of benzene rings is 2. The Balaban J connectivity index is 1.61. The quantitative estimate of drug-likeness (QED) is 0.572. The summed E-state index contributed by atoms with van der Waals surface area (Å²) >= 11 is 6.04. The molecule has 2 aromatic carbocycles. The van der Waals surface area contributed by atoms with Crippen molar-refractivity contribution in [1.29, 1.82) is 0 Å². The molecule has 1 aliphatic heterocycles. The number of hydrogen-bond acceptors (Lipinski definition) is 3. The van der Waals surface area contributed by atoms with E-state index >= 15 is 0 Å². The Hall–Kier alpha value is -3.40. The van der Waals surface area contributed by atoms with Crippen LogP contribution in [-0.4, -0.2) is 33.0 Å². The lowest BCUT2D eigenvalue weighted by molar-refractivity contribution is -0.138. The van der Waals surface area contributed by atoms with Crippen molar-refractivity contribution in [1.82, 2.24) is 14.7 Å². The van der Waals surface area contributed by atoms with Gasteiger partial charge in [0, 0.05) is 17.1 Å². The molecule has 172 valence electrons. The number of carbonyl (C=O) groups excluding carboxylic acids is 2. The molecule has 2 amide bonds. The molecule has 0 unspecified atom stereocenters. The van der Waals surface area contributed by atoms with E-state index in [1.54, 1.807) is 28.9 Å². The molecule has 0 spiro atoms. The molecule has 0 atom stereocenters. The van der Waals surface area contributed by atoms with Gasteiger partial charge in [-0.25, -0.2) is 4.39 Å². The van der Waals surface area contributed by atoms with Crippen LogP contribution in [0.4, 0.5) is 17.6 Å². The SMILES string of the molecule is NC(=O)c1c(-c2cccc(Cl)c2)nn2c1CN(C(=O)Cc1cc(F)cc(C(F)(F)F)c1)CC2. The van der Waals surface area contributed by atoms with Crippen molar-refractivity contribution in [2.45, 2.75) is 25.7 Å². The number of alkyl halides is 3. The molecule has 2 heterocycles. The molecule has 0 saturated carbocycles. The molecule has 0 saturated heterocycles. The van der Waals surface area contributed by atoms with Crippen LogP contribution < -0.4 is 5.73 Å². The van der Waals surface area contributed by atoms with Gasteiger partial charge in [-0.2, -0.15) is 18.3 Å². The first-order valence-corrected chi connectivity index (χ1v) is 10.2. The second-order valence-electron chi connectivity index (χ2n) is 7.61. The largest absolute Gasteiger partial charge is 0.416 e. The fraction of sp³-hybridized carbons (Fsp3) is 0.227. The van der Waals surface area contributed by atoms with Gasteiger partial charge < -0.3 is 10.6 Å². The van der Waals surface area contributed by atoms with Crippen molar-refractivity contribution in [3.63, 3.8) is 0 Å². The maximum absolute atomic E-state index is 13.7. The van der Waals surface area contributed by atoms with Gasteiger partial charge in [0.2, 0.25) is 5.91 Å². The summed E-state index contributed by atoms with van der Waals surface area (Å²) in [6.07, 6.45) is -5.16. The van der Waals surface area contributed by atoms with Crippen molar-refractivity contribution in [3.05, 3.63) is 75.7 Å². The van der Waals surface area contributed by atoms with Crippen molar-refractivity contribution in [2.24, 2.45) is 5.73 Å². The molecule has 0 radical (unpaired) electrons. The number of nitrogens with two attached hydrogens (primary N) is 1. The molecule has 4 rings (SSSR count). The summed E-state index contributed by atoms with van der Waals surface area (Å²) in [6.45, 7) is 0.438.